The molecule has 24 heavy (non-hydrogen) atoms. The van der Waals surface area contributed by atoms with Crippen LogP contribution in [0.1, 0.15) is 37.6 Å². The molecule has 1 fully saturated rings. The fraction of sp³-hybridized carbons (Fsp3) is 0.471. The van der Waals surface area contributed by atoms with E-state index in [0.717, 1.165) is 35.1 Å². The van der Waals surface area contributed by atoms with E-state index in [4.69, 9.17) is 9.72 Å². The quantitative estimate of drug-likeness (QED) is 0.716. The lowest BCUT2D eigenvalue weighted by atomic mass is 9.93. The van der Waals surface area contributed by atoms with Crippen LogP contribution in [0.2, 0.25) is 0 Å². The monoisotopic (exact) mass is 343 g/mol. The van der Waals surface area contributed by atoms with Crippen molar-refractivity contribution < 1.29 is 4.74 Å². The van der Waals surface area contributed by atoms with Gasteiger partial charge in [-0.05, 0) is 12.1 Å². The van der Waals surface area contributed by atoms with Crippen LogP contribution in [0.4, 0.5) is 5.69 Å². The number of hydrogen-bond acceptors (Lipinski definition) is 6. The molecule has 1 aliphatic heterocycles. The standard InChI is InChI=1S/C17H21N5OS/c1-17(2,3)14-10-24-16(20-14)13-9-21(6-7-23-13)12-4-5-15-18-11-19-22(15)8-12/h4-5,8,10-11,13H,6-7,9H2,1-3H3. The summed E-state index contributed by atoms with van der Waals surface area (Å²) in [5.74, 6) is 0. The Morgan fingerprint density at radius 1 is 1.29 bits per heavy atom. The summed E-state index contributed by atoms with van der Waals surface area (Å²) in [5, 5.41) is 7.43. The first kappa shape index (κ1) is 15.5. The first-order valence-electron chi connectivity index (χ1n) is 8.12. The van der Waals surface area contributed by atoms with Gasteiger partial charge in [-0.25, -0.2) is 14.5 Å². The van der Waals surface area contributed by atoms with Crippen molar-refractivity contribution >= 4 is 22.7 Å². The Morgan fingerprint density at radius 2 is 2.17 bits per heavy atom. The van der Waals surface area contributed by atoms with Crippen molar-refractivity contribution in [2.24, 2.45) is 0 Å². The molecule has 0 aromatic carbocycles. The number of hydrogen-bond donors (Lipinski definition) is 0. The molecule has 0 spiro atoms. The third-order valence-corrected chi connectivity index (χ3v) is 5.19. The molecule has 0 N–H and O–H groups in total. The van der Waals surface area contributed by atoms with Gasteiger partial charge in [0.25, 0.3) is 0 Å². The molecule has 4 heterocycles. The van der Waals surface area contributed by atoms with Gasteiger partial charge in [0.15, 0.2) is 5.65 Å². The number of ether oxygens (including phenoxy) is 1. The minimum absolute atomic E-state index is 0.0197. The van der Waals surface area contributed by atoms with E-state index in [0.29, 0.717) is 6.61 Å². The second-order valence-electron chi connectivity index (χ2n) is 7.08. The molecule has 0 aliphatic carbocycles. The molecule has 6 nitrogen and oxygen atoms in total. The summed E-state index contributed by atoms with van der Waals surface area (Å²) in [4.78, 5) is 11.3. The van der Waals surface area contributed by atoms with E-state index >= 15 is 0 Å². The minimum Gasteiger partial charge on any atom is -0.367 e. The first-order valence-corrected chi connectivity index (χ1v) is 9.00. The summed E-state index contributed by atoms with van der Waals surface area (Å²) in [6, 6.07) is 4.09. The van der Waals surface area contributed by atoms with Crippen molar-refractivity contribution in [2.45, 2.75) is 32.3 Å². The molecule has 3 aromatic rings. The Morgan fingerprint density at radius 3 is 2.96 bits per heavy atom. The molecule has 126 valence electrons. The van der Waals surface area contributed by atoms with Crippen molar-refractivity contribution in [3.63, 3.8) is 0 Å². The maximum Gasteiger partial charge on any atom is 0.155 e. The van der Waals surface area contributed by atoms with Crippen LogP contribution in [0.5, 0.6) is 0 Å². The lowest BCUT2D eigenvalue weighted by molar-refractivity contribution is 0.0394. The maximum atomic E-state index is 5.99. The van der Waals surface area contributed by atoms with Crippen LogP contribution in [-0.4, -0.2) is 39.3 Å². The highest BCUT2D eigenvalue weighted by Crippen LogP contribution is 2.31. The van der Waals surface area contributed by atoms with Crippen molar-refractivity contribution in [2.75, 3.05) is 24.6 Å². The van der Waals surface area contributed by atoms with Gasteiger partial charge in [-0.3, -0.25) is 0 Å². The van der Waals surface area contributed by atoms with E-state index in [1.807, 2.05) is 12.3 Å². The summed E-state index contributed by atoms with van der Waals surface area (Å²) in [7, 11) is 0. The Hall–Kier alpha value is -1.99. The molecule has 0 saturated carbocycles. The number of nitrogens with zero attached hydrogens (tertiary/aromatic N) is 5. The largest absolute Gasteiger partial charge is 0.367 e. The number of fused-ring (bicyclic) bond motifs is 1. The summed E-state index contributed by atoms with van der Waals surface area (Å²) >= 11 is 1.69. The number of thiazole rings is 1. The number of anilines is 1. The van der Waals surface area contributed by atoms with Gasteiger partial charge in [-0.15, -0.1) is 11.3 Å². The molecular formula is C17H21N5OS. The molecular weight excluding hydrogens is 322 g/mol. The number of morpholine rings is 1. The van der Waals surface area contributed by atoms with Gasteiger partial charge in [-0.1, -0.05) is 20.8 Å². The summed E-state index contributed by atoms with van der Waals surface area (Å²) in [6.45, 7) is 8.93. The lowest BCUT2D eigenvalue weighted by Crippen LogP contribution is -2.38. The SMILES string of the molecule is CC(C)(C)c1csc(C2CN(c3ccc4ncnn4c3)CCO2)n1. The van der Waals surface area contributed by atoms with Crippen LogP contribution in [-0.2, 0) is 10.2 Å². The molecule has 7 heteroatoms. The fourth-order valence-corrected chi connectivity index (χ4v) is 3.89. The maximum absolute atomic E-state index is 5.99. The first-order chi connectivity index (χ1) is 11.5. The van der Waals surface area contributed by atoms with Crippen LogP contribution < -0.4 is 4.90 Å². The average molecular weight is 343 g/mol. The predicted octanol–water partition coefficient (Wildman–Crippen LogP) is 3.06. The van der Waals surface area contributed by atoms with Crippen LogP contribution in [0.15, 0.2) is 30.0 Å². The zero-order valence-corrected chi connectivity index (χ0v) is 15.0. The van der Waals surface area contributed by atoms with E-state index in [-0.39, 0.29) is 11.5 Å². The fourth-order valence-electron chi connectivity index (χ4n) is 2.81. The summed E-state index contributed by atoms with van der Waals surface area (Å²) < 4.78 is 7.79. The Kier molecular flexibility index (Phi) is 3.77. The Balaban J connectivity index is 1.56. The van der Waals surface area contributed by atoms with E-state index < -0.39 is 0 Å². The van der Waals surface area contributed by atoms with Crippen LogP contribution in [0, 0.1) is 0 Å². The molecule has 4 rings (SSSR count). The van der Waals surface area contributed by atoms with Gasteiger partial charge < -0.3 is 9.64 Å². The minimum atomic E-state index is 0.0197. The van der Waals surface area contributed by atoms with Crippen molar-refractivity contribution in [3.8, 4) is 0 Å². The molecule has 3 aromatic heterocycles. The van der Waals surface area contributed by atoms with E-state index in [9.17, 15) is 0 Å². The highest BCUT2D eigenvalue weighted by atomic mass is 32.1. The van der Waals surface area contributed by atoms with Crippen LogP contribution >= 0.6 is 11.3 Å². The second kappa shape index (κ2) is 5.82. The van der Waals surface area contributed by atoms with Gasteiger partial charge in [0.1, 0.15) is 17.4 Å². The molecule has 0 radical (unpaired) electrons. The molecule has 1 saturated heterocycles. The number of pyridine rings is 1. The highest BCUT2D eigenvalue weighted by molar-refractivity contribution is 7.09. The lowest BCUT2D eigenvalue weighted by Gasteiger charge is -2.33. The van der Waals surface area contributed by atoms with E-state index in [1.54, 1.807) is 22.2 Å². The molecule has 1 aliphatic rings. The number of rotatable bonds is 2. The zero-order chi connectivity index (χ0) is 16.7. The van der Waals surface area contributed by atoms with Gasteiger partial charge in [0, 0.05) is 17.3 Å². The van der Waals surface area contributed by atoms with Gasteiger partial charge in [-0.2, -0.15) is 5.10 Å². The third-order valence-electron chi connectivity index (χ3n) is 4.26. The Bertz CT molecular complexity index is 850. The summed E-state index contributed by atoms with van der Waals surface area (Å²) in [5.41, 5.74) is 3.20. The van der Waals surface area contributed by atoms with Crippen molar-refractivity contribution in [3.05, 3.63) is 40.7 Å². The average Bonchev–Trinajstić information content (AvgIpc) is 3.23. The Labute approximate surface area is 145 Å². The van der Waals surface area contributed by atoms with E-state index in [1.165, 1.54) is 0 Å². The van der Waals surface area contributed by atoms with Gasteiger partial charge in [0.05, 0.1) is 30.7 Å². The highest BCUT2D eigenvalue weighted by Gasteiger charge is 2.27. The molecule has 1 atom stereocenters. The smallest absolute Gasteiger partial charge is 0.155 e. The van der Waals surface area contributed by atoms with Crippen LogP contribution in [0.3, 0.4) is 0 Å². The van der Waals surface area contributed by atoms with Gasteiger partial charge >= 0.3 is 0 Å². The van der Waals surface area contributed by atoms with Gasteiger partial charge in [0.2, 0.25) is 0 Å². The number of aromatic nitrogens is 4. The second-order valence-corrected chi connectivity index (χ2v) is 7.97. The van der Waals surface area contributed by atoms with Crippen molar-refractivity contribution in [1.82, 2.24) is 19.6 Å². The molecule has 0 bridgehead atoms. The molecule has 0 amide bonds. The van der Waals surface area contributed by atoms with Crippen LogP contribution in [0.25, 0.3) is 5.65 Å². The topological polar surface area (TPSA) is 55.6 Å². The molecule has 1 unspecified atom stereocenters. The van der Waals surface area contributed by atoms with E-state index in [2.05, 4.69) is 47.2 Å². The zero-order valence-electron chi connectivity index (χ0n) is 14.1. The summed E-state index contributed by atoms with van der Waals surface area (Å²) in [6.07, 6.45) is 3.61. The predicted molar refractivity (Wildman–Crippen MR) is 94.7 cm³/mol. The van der Waals surface area contributed by atoms with Crippen molar-refractivity contribution in [1.29, 1.82) is 0 Å². The normalized spacial score (nSPS) is 19.1. The third kappa shape index (κ3) is 2.89.